The van der Waals surface area contributed by atoms with Crippen LogP contribution in [0.3, 0.4) is 0 Å². The van der Waals surface area contributed by atoms with Gasteiger partial charge < -0.3 is 25.3 Å². The van der Waals surface area contributed by atoms with Crippen LogP contribution in [0.15, 0.2) is 48.5 Å². The summed E-state index contributed by atoms with van der Waals surface area (Å²) in [4.78, 5) is 11.9. The first-order chi connectivity index (χ1) is 12.6. The zero-order chi connectivity index (χ0) is 18.8. The third kappa shape index (κ3) is 7.97. The Morgan fingerprint density at radius 2 is 1.63 bits per heavy atom. The minimum Gasteiger partial charge on any atom is -0.457 e. The Kier molecular flexibility index (Phi) is 10.4. The maximum Gasteiger partial charge on any atom is 0.227 e. The number of amides is 1. The molecular weight excluding hydrogens is 368 g/mol. The number of hydrogen-bond donors (Lipinski definition) is 2. The summed E-state index contributed by atoms with van der Waals surface area (Å²) in [6.07, 6.45) is 0.824. The number of carbonyl (C=O) groups excluding carboxylic acids is 1. The van der Waals surface area contributed by atoms with E-state index in [2.05, 4.69) is 5.32 Å². The molecule has 2 rings (SSSR count). The zero-order valence-electron chi connectivity index (χ0n) is 15.6. The van der Waals surface area contributed by atoms with Crippen molar-refractivity contribution in [3.63, 3.8) is 0 Å². The van der Waals surface area contributed by atoms with Gasteiger partial charge in [-0.2, -0.15) is 0 Å². The molecule has 0 saturated carbocycles. The number of anilines is 1. The predicted octanol–water partition coefficient (Wildman–Crippen LogP) is 3.39. The average molecular weight is 395 g/mol. The molecule has 0 aliphatic heterocycles. The minimum absolute atomic E-state index is 0. The van der Waals surface area contributed by atoms with E-state index in [1.807, 2.05) is 36.4 Å². The third-order valence-corrected chi connectivity index (χ3v) is 3.90. The van der Waals surface area contributed by atoms with Crippen LogP contribution < -0.4 is 15.8 Å². The van der Waals surface area contributed by atoms with Crippen LogP contribution in [0.1, 0.15) is 12.0 Å². The average Bonchev–Trinajstić information content (AvgIpc) is 2.67. The van der Waals surface area contributed by atoms with Crippen LogP contribution in [0.5, 0.6) is 11.5 Å². The molecule has 0 saturated heterocycles. The SMILES string of the molecule is COCCc1ccc(Oc2ccc(NC(=O)CC(CN)OC)cc2)cc1.Cl. The molecule has 148 valence electrons. The molecule has 0 spiro atoms. The summed E-state index contributed by atoms with van der Waals surface area (Å²) in [6.45, 7) is 1.00. The molecule has 6 nitrogen and oxygen atoms in total. The number of carbonyl (C=O) groups is 1. The molecule has 0 aromatic heterocycles. The van der Waals surface area contributed by atoms with Gasteiger partial charge in [-0.15, -0.1) is 12.4 Å². The summed E-state index contributed by atoms with van der Waals surface area (Å²) < 4.78 is 16.0. The number of benzene rings is 2. The summed E-state index contributed by atoms with van der Waals surface area (Å²) in [7, 11) is 3.23. The molecule has 1 amide bonds. The summed E-state index contributed by atoms with van der Waals surface area (Å²) in [5.74, 6) is 1.32. The first-order valence-corrected chi connectivity index (χ1v) is 8.53. The summed E-state index contributed by atoms with van der Waals surface area (Å²) in [5, 5.41) is 2.82. The lowest BCUT2D eigenvalue weighted by molar-refractivity contribution is -0.118. The molecule has 0 heterocycles. The van der Waals surface area contributed by atoms with E-state index >= 15 is 0 Å². The van der Waals surface area contributed by atoms with Crippen molar-refractivity contribution in [3.8, 4) is 11.5 Å². The van der Waals surface area contributed by atoms with Crippen LogP contribution in [0.2, 0.25) is 0 Å². The van der Waals surface area contributed by atoms with Crippen LogP contribution in [0.4, 0.5) is 5.69 Å². The number of rotatable bonds is 10. The zero-order valence-corrected chi connectivity index (χ0v) is 16.5. The molecule has 0 bridgehead atoms. The molecule has 7 heteroatoms. The van der Waals surface area contributed by atoms with Crippen molar-refractivity contribution >= 4 is 24.0 Å². The van der Waals surface area contributed by atoms with Crippen LogP contribution in [-0.4, -0.2) is 39.4 Å². The van der Waals surface area contributed by atoms with Crippen molar-refractivity contribution in [2.45, 2.75) is 18.9 Å². The van der Waals surface area contributed by atoms with E-state index in [4.69, 9.17) is 19.9 Å². The Morgan fingerprint density at radius 3 is 2.15 bits per heavy atom. The summed E-state index contributed by atoms with van der Waals surface area (Å²) >= 11 is 0. The van der Waals surface area contributed by atoms with Gasteiger partial charge >= 0.3 is 0 Å². The van der Waals surface area contributed by atoms with E-state index in [9.17, 15) is 4.79 Å². The van der Waals surface area contributed by atoms with E-state index in [1.54, 1.807) is 26.4 Å². The lowest BCUT2D eigenvalue weighted by Crippen LogP contribution is -2.28. The van der Waals surface area contributed by atoms with Crippen molar-refractivity contribution in [1.29, 1.82) is 0 Å². The highest BCUT2D eigenvalue weighted by Crippen LogP contribution is 2.23. The second kappa shape index (κ2) is 12.3. The normalized spacial score (nSPS) is 11.4. The fourth-order valence-corrected chi connectivity index (χ4v) is 2.37. The standard InChI is InChI=1S/C20H26N2O4.ClH/c1-24-12-11-15-3-7-17(8-4-15)26-18-9-5-16(6-10-18)22-20(23)13-19(14-21)25-2;/h3-10,19H,11-14,21H2,1-2H3,(H,22,23);1H. The maximum absolute atomic E-state index is 11.9. The number of nitrogens with one attached hydrogen (secondary N) is 1. The fourth-order valence-electron chi connectivity index (χ4n) is 2.37. The van der Waals surface area contributed by atoms with E-state index in [0.717, 1.165) is 12.2 Å². The number of methoxy groups -OCH3 is 2. The monoisotopic (exact) mass is 394 g/mol. The predicted molar refractivity (Wildman–Crippen MR) is 109 cm³/mol. The quantitative estimate of drug-likeness (QED) is 0.645. The first kappa shape index (κ1) is 22.9. The van der Waals surface area contributed by atoms with Crippen LogP contribution in [0, 0.1) is 0 Å². The number of nitrogens with two attached hydrogens (primary N) is 1. The van der Waals surface area contributed by atoms with E-state index in [0.29, 0.717) is 24.6 Å². The van der Waals surface area contributed by atoms with Gasteiger partial charge in [0.2, 0.25) is 5.91 Å². The minimum atomic E-state index is -0.274. The van der Waals surface area contributed by atoms with Gasteiger partial charge in [0, 0.05) is 26.5 Å². The van der Waals surface area contributed by atoms with E-state index in [1.165, 1.54) is 5.56 Å². The Bertz CT molecular complexity index is 673. The van der Waals surface area contributed by atoms with E-state index in [-0.39, 0.29) is 30.8 Å². The van der Waals surface area contributed by atoms with Gasteiger partial charge in [-0.05, 0) is 48.4 Å². The summed E-state index contributed by atoms with van der Waals surface area (Å²) in [5.41, 5.74) is 7.42. The molecule has 0 fully saturated rings. The maximum atomic E-state index is 11.9. The van der Waals surface area contributed by atoms with Crippen molar-refractivity contribution in [2.75, 3.05) is 32.7 Å². The third-order valence-electron chi connectivity index (χ3n) is 3.90. The molecule has 0 aliphatic carbocycles. The highest BCUT2D eigenvalue weighted by Gasteiger charge is 2.11. The van der Waals surface area contributed by atoms with Crippen LogP contribution in [-0.2, 0) is 20.7 Å². The van der Waals surface area contributed by atoms with Crippen molar-refractivity contribution in [1.82, 2.24) is 0 Å². The van der Waals surface area contributed by atoms with E-state index < -0.39 is 0 Å². The van der Waals surface area contributed by atoms with Gasteiger partial charge in [0.1, 0.15) is 11.5 Å². The van der Waals surface area contributed by atoms with Crippen LogP contribution >= 0.6 is 12.4 Å². The molecule has 0 aliphatic rings. The van der Waals surface area contributed by atoms with Crippen LogP contribution in [0.25, 0.3) is 0 Å². The largest absolute Gasteiger partial charge is 0.457 e. The van der Waals surface area contributed by atoms with Gasteiger partial charge in [-0.1, -0.05) is 12.1 Å². The molecule has 2 aromatic carbocycles. The Balaban J connectivity index is 0.00000364. The number of hydrogen-bond acceptors (Lipinski definition) is 5. The molecule has 2 aromatic rings. The van der Waals surface area contributed by atoms with Gasteiger partial charge in [0.05, 0.1) is 19.1 Å². The molecule has 0 radical (unpaired) electrons. The topological polar surface area (TPSA) is 82.8 Å². The Hall–Kier alpha value is -2.12. The molecule has 27 heavy (non-hydrogen) atoms. The van der Waals surface area contributed by atoms with Gasteiger partial charge in [-0.3, -0.25) is 4.79 Å². The second-order valence-corrected chi connectivity index (χ2v) is 5.86. The molecule has 1 unspecified atom stereocenters. The lowest BCUT2D eigenvalue weighted by atomic mass is 10.1. The summed E-state index contributed by atoms with van der Waals surface area (Å²) in [6, 6.07) is 15.1. The van der Waals surface area contributed by atoms with Crippen molar-refractivity contribution in [3.05, 3.63) is 54.1 Å². The molecular formula is C20H27ClN2O4. The fraction of sp³-hybridized carbons (Fsp3) is 0.350. The van der Waals surface area contributed by atoms with Gasteiger partial charge in [0.15, 0.2) is 0 Å². The molecule has 3 N–H and O–H groups in total. The lowest BCUT2D eigenvalue weighted by Gasteiger charge is -2.13. The smallest absolute Gasteiger partial charge is 0.227 e. The highest BCUT2D eigenvalue weighted by atomic mass is 35.5. The van der Waals surface area contributed by atoms with Crippen molar-refractivity contribution in [2.24, 2.45) is 5.73 Å². The number of ether oxygens (including phenoxy) is 3. The first-order valence-electron chi connectivity index (χ1n) is 8.53. The Morgan fingerprint density at radius 1 is 1.04 bits per heavy atom. The number of halogens is 1. The Labute approximate surface area is 166 Å². The molecule has 1 atom stereocenters. The second-order valence-electron chi connectivity index (χ2n) is 5.86. The van der Waals surface area contributed by atoms with Gasteiger partial charge in [0.25, 0.3) is 0 Å². The highest BCUT2D eigenvalue weighted by molar-refractivity contribution is 5.91. The van der Waals surface area contributed by atoms with Gasteiger partial charge in [-0.25, -0.2) is 0 Å². The van der Waals surface area contributed by atoms with Crippen molar-refractivity contribution < 1.29 is 19.0 Å².